The number of tetrazole rings is 1. The van der Waals surface area contributed by atoms with Gasteiger partial charge in [-0.3, -0.25) is 4.79 Å². The molecular formula is C16H15N5OS. The van der Waals surface area contributed by atoms with Gasteiger partial charge in [0.25, 0.3) is 5.91 Å². The molecular weight excluding hydrogens is 310 g/mol. The fraction of sp³-hybridized carbons (Fsp3) is 0.250. The monoisotopic (exact) mass is 325 g/mol. The Morgan fingerprint density at radius 3 is 3.04 bits per heavy atom. The van der Waals surface area contributed by atoms with Crippen molar-refractivity contribution in [1.29, 1.82) is 0 Å². The van der Waals surface area contributed by atoms with Crippen LogP contribution in [0, 0.1) is 0 Å². The van der Waals surface area contributed by atoms with Gasteiger partial charge < -0.3 is 4.90 Å². The highest BCUT2D eigenvalue weighted by Crippen LogP contribution is 2.31. The molecule has 0 saturated heterocycles. The third-order valence-corrected chi connectivity index (χ3v) is 4.67. The molecule has 0 saturated carbocycles. The minimum absolute atomic E-state index is 0.0169. The molecule has 3 heterocycles. The highest BCUT2D eigenvalue weighted by molar-refractivity contribution is 7.08. The van der Waals surface area contributed by atoms with Gasteiger partial charge in [0.15, 0.2) is 0 Å². The number of carbonyl (C=O) groups excluding carboxylic acids is 1. The Bertz CT molecular complexity index is 842. The molecule has 1 amide bonds. The molecule has 0 spiro atoms. The number of anilines is 1. The van der Waals surface area contributed by atoms with Crippen molar-refractivity contribution >= 4 is 22.9 Å². The van der Waals surface area contributed by atoms with Gasteiger partial charge in [-0.15, -0.1) is 10.2 Å². The van der Waals surface area contributed by atoms with Gasteiger partial charge in [0.05, 0.1) is 0 Å². The summed E-state index contributed by atoms with van der Waals surface area (Å²) in [6.45, 7) is 2.15. The van der Waals surface area contributed by atoms with Crippen LogP contribution in [0.25, 0.3) is 11.4 Å². The van der Waals surface area contributed by atoms with E-state index in [4.69, 9.17) is 0 Å². The van der Waals surface area contributed by atoms with Crippen molar-refractivity contribution < 1.29 is 4.79 Å². The molecule has 0 N–H and O–H groups in total. The quantitative estimate of drug-likeness (QED) is 0.742. The number of hydrogen-bond acceptors (Lipinski definition) is 5. The molecule has 4 rings (SSSR count). The maximum Gasteiger partial charge on any atom is 0.250 e. The lowest BCUT2D eigenvalue weighted by atomic mass is 10.1. The third-order valence-electron chi connectivity index (χ3n) is 3.98. The van der Waals surface area contributed by atoms with Gasteiger partial charge in [0.1, 0.15) is 6.54 Å². The molecule has 1 aliphatic rings. The zero-order valence-electron chi connectivity index (χ0n) is 12.6. The Hall–Kier alpha value is -2.54. The normalized spacial score (nSPS) is 16.6. The van der Waals surface area contributed by atoms with Crippen molar-refractivity contribution in [2.75, 3.05) is 4.90 Å². The molecule has 1 aliphatic heterocycles. The van der Waals surface area contributed by atoms with E-state index in [1.165, 1.54) is 10.4 Å². The predicted octanol–water partition coefficient (Wildman–Crippen LogP) is 2.38. The van der Waals surface area contributed by atoms with Crippen molar-refractivity contribution in [3.05, 3.63) is 46.7 Å². The smallest absolute Gasteiger partial charge is 0.250 e. The van der Waals surface area contributed by atoms with E-state index in [1.807, 2.05) is 39.9 Å². The lowest BCUT2D eigenvalue weighted by Gasteiger charge is -2.22. The summed E-state index contributed by atoms with van der Waals surface area (Å²) < 4.78 is 0. The number of rotatable bonds is 3. The molecule has 116 valence electrons. The molecule has 1 aromatic carbocycles. The highest BCUT2D eigenvalue weighted by Gasteiger charge is 2.30. The number of carbonyl (C=O) groups is 1. The first kappa shape index (κ1) is 14.1. The SMILES string of the molecule is C[C@@H]1Cc2ccccc2N1C(=O)Cn1nnc(-c2ccsc2)n1. The lowest BCUT2D eigenvalue weighted by Crippen LogP contribution is -2.38. The second-order valence-corrected chi connectivity index (χ2v) is 6.38. The Labute approximate surface area is 137 Å². The third kappa shape index (κ3) is 2.53. The number of hydrogen-bond donors (Lipinski definition) is 0. The van der Waals surface area contributed by atoms with Crippen LogP contribution in [-0.4, -0.2) is 32.2 Å². The Morgan fingerprint density at radius 2 is 2.22 bits per heavy atom. The van der Waals surface area contributed by atoms with Gasteiger partial charge in [-0.2, -0.15) is 16.1 Å². The van der Waals surface area contributed by atoms with Crippen LogP contribution in [0.5, 0.6) is 0 Å². The first-order chi connectivity index (χ1) is 11.2. The van der Waals surface area contributed by atoms with Crippen LogP contribution in [0.2, 0.25) is 0 Å². The molecule has 2 aromatic heterocycles. The van der Waals surface area contributed by atoms with Crippen molar-refractivity contribution in [3.8, 4) is 11.4 Å². The molecule has 7 heteroatoms. The van der Waals surface area contributed by atoms with Crippen molar-refractivity contribution in [1.82, 2.24) is 20.2 Å². The second kappa shape index (κ2) is 5.58. The van der Waals surface area contributed by atoms with Crippen LogP contribution in [0.3, 0.4) is 0 Å². The van der Waals surface area contributed by atoms with Crippen LogP contribution in [0.15, 0.2) is 41.1 Å². The summed E-state index contributed by atoms with van der Waals surface area (Å²) in [4.78, 5) is 15.9. The summed E-state index contributed by atoms with van der Waals surface area (Å²) in [6, 6.07) is 10.1. The van der Waals surface area contributed by atoms with E-state index in [2.05, 4.69) is 28.4 Å². The van der Waals surface area contributed by atoms with Crippen LogP contribution in [-0.2, 0) is 17.8 Å². The number of fused-ring (bicyclic) bond motifs is 1. The summed E-state index contributed by atoms with van der Waals surface area (Å²) in [5.74, 6) is 0.533. The van der Waals surface area contributed by atoms with Crippen molar-refractivity contribution in [2.45, 2.75) is 25.9 Å². The van der Waals surface area contributed by atoms with Gasteiger partial charge >= 0.3 is 0 Å². The molecule has 0 radical (unpaired) electrons. The minimum Gasteiger partial charge on any atom is -0.307 e. The van der Waals surface area contributed by atoms with Gasteiger partial charge in [-0.05, 0) is 41.6 Å². The first-order valence-electron chi connectivity index (χ1n) is 7.43. The minimum atomic E-state index is -0.0169. The molecule has 0 aliphatic carbocycles. The summed E-state index contributed by atoms with van der Waals surface area (Å²) in [5, 5.41) is 16.2. The van der Waals surface area contributed by atoms with E-state index in [9.17, 15) is 4.79 Å². The molecule has 6 nitrogen and oxygen atoms in total. The summed E-state index contributed by atoms with van der Waals surface area (Å²) in [7, 11) is 0. The maximum absolute atomic E-state index is 12.7. The van der Waals surface area contributed by atoms with E-state index in [-0.39, 0.29) is 18.5 Å². The van der Waals surface area contributed by atoms with Crippen LogP contribution in [0.1, 0.15) is 12.5 Å². The van der Waals surface area contributed by atoms with E-state index < -0.39 is 0 Å². The summed E-state index contributed by atoms with van der Waals surface area (Å²) in [6.07, 6.45) is 0.882. The van der Waals surface area contributed by atoms with Crippen LogP contribution < -0.4 is 4.90 Å². The Kier molecular flexibility index (Phi) is 3.42. The van der Waals surface area contributed by atoms with Gasteiger partial charge in [0, 0.05) is 22.7 Å². The zero-order chi connectivity index (χ0) is 15.8. The summed E-state index contributed by atoms with van der Waals surface area (Å²) in [5.41, 5.74) is 3.12. The highest BCUT2D eigenvalue weighted by atomic mass is 32.1. The van der Waals surface area contributed by atoms with Crippen LogP contribution in [0.4, 0.5) is 5.69 Å². The molecule has 3 aromatic rings. The maximum atomic E-state index is 12.7. The average Bonchev–Trinajstić information content (AvgIpc) is 3.25. The molecule has 23 heavy (non-hydrogen) atoms. The number of benzene rings is 1. The number of para-hydroxylation sites is 1. The molecule has 0 unspecified atom stereocenters. The van der Waals surface area contributed by atoms with E-state index >= 15 is 0 Å². The van der Waals surface area contributed by atoms with Gasteiger partial charge in [0.2, 0.25) is 5.82 Å². The fourth-order valence-corrected chi connectivity index (χ4v) is 3.59. The fourth-order valence-electron chi connectivity index (χ4n) is 2.96. The van der Waals surface area contributed by atoms with E-state index in [0.29, 0.717) is 5.82 Å². The van der Waals surface area contributed by atoms with Gasteiger partial charge in [-0.25, -0.2) is 0 Å². The molecule has 0 bridgehead atoms. The Morgan fingerprint density at radius 1 is 1.35 bits per heavy atom. The number of thiophene rings is 1. The average molecular weight is 325 g/mol. The standard InChI is InChI=1S/C16H15N5OS/c1-11-8-12-4-2-3-5-14(12)21(11)15(22)9-20-18-16(17-19-20)13-6-7-23-10-13/h2-7,10-11H,8-9H2,1H3/t11-/m1/s1. The largest absolute Gasteiger partial charge is 0.307 e. The first-order valence-corrected chi connectivity index (χ1v) is 8.37. The molecule has 0 fully saturated rings. The van der Waals surface area contributed by atoms with E-state index in [0.717, 1.165) is 17.7 Å². The number of aromatic nitrogens is 4. The number of amides is 1. The van der Waals surface area contributed by atoms with Gasteiger partial charge in [-0.1, -0.05) is 18.2 Å². The second-order valence-electron chi connectivity index (χ2n) is 5.60. The lowest BCUT2D eigenvalue weighted by molar-refractivity contribution is -0.119. The zero-order valence-corrected chi connectivity index (χ0v) is 13.4. The Balaban J connectivity index is 1.55. The van der Waals surface area contributed by atoms with Crippen molar-refractivity contribution in [2.24, 2.45) is 0 Å². The van der Waals surface area contributed by atoms with E-state index in [1.54, 1.807) is 11.3 Å². The predicted molar refractivity (Wildman–Crippen MR) is 88.2 cm³/mol. The summed E-state index contributed by atoms with van der Waals surface area (Å²) >= 11 is 1.58. The van der Waals surface area contributed by atoms with Crippen molar-refractivity contribution in [3.63, 3.8) is 0 Å². The van der Waals surface area contributed by atoms with Crippen LogP contribution >= 0.6 is 11.3 Å². The number of nitrogens with zero attached hydrogens (tertiary/aromatic N) is 5. The topological polar surface area (TPSA) is 63.9 Å². The molecule has 1 atom stereocenters.